The van der Waals surface area contributed by atoms with Crippen LogP contribution in [0, 0.1) is 24.1 Å². The molecule has 0 saturated carbocycles. The molecular formula is C30H33F3N6O6S. The Labute approximate surface area is 266 Å². The van der Waals surface area contributed by atoms with Gasteiger partial charge in [-0.25, -0.2) is 27.7 Å². The van der Waals surface area contributed by atoms with E-state index in [1.807, 2.05) is 0 Å². The number of esters is 1. The van der Waals surface area contributed by atoms with Crippen molar-refractivity contribution in [1.29, 1.82) is 0 Å². The molecule has 246 valence electrons. The second kappa shape index (κ2) is 12.5. The number of nitrogens with one attached hydrogen (secondary N) is 2. The number of carbonyl (C=O) groups excluding carboxylic acids is 3. The van der Waals surface area contributed by atoms with E-state index < -0.39 is 72.1 Å². The predicted molar refractivity (Wildman–Crippen MR) is 160 cm³/mol. The van der Waals surface area contributed by atoms with Crippen LogP contribution in [0.2, 0.25) is 0 Å². The zero-order valence-electron chi connectivity index (χ0n) is 25.5. The van der Waals surface area contributed by atoms with Gasteiger partial charge in [0.15, 0.2) is 10.8 Å². The van der Waals surface area contributed by atoms with E-state index >= 15 is 8.78 Å². The van der Waals surface area contributed by atoms with Crippen LogP contribution in [-0.2, 0) is 19.1 Å². The summed E-state index contributed by atoms with van der Waals surface area (Å²) in [6, 6.07) is 0.845. The summed E-state index contributed by atoms with van der Waals surface area (Å²) in [6.07, 6.45) is 1.54. The first-order valence-corrected chi connectivity index (χ1v) is 15.4. The van der Waals surface area contributed by atoms with Crippen molar-refractivity contribution in [3.63, 3.8) is 0 Å². The molecule has 3 aliphatic heterocycles. The molecule has 16 heteroatoms. The lowest BCUT2D eigenvalue weighted by Gasteiger charge is -2.31. The first-order valence-electron chi connectivity index (χ1n) is 14.5. The van der Waals surface area contributed by atoms with Gasteiger partial charge in [0.05, 0.1) is 30.1 Å². The fourth-order valence-electron chi connectivity index (χ4n) is 5.75. The van der Waals surface area contributed by atoms with E-state index in [0.29, 0.717) is 15.5 Å². The third-order valence-corrected chi connectivity index (χ3v) is 9.14. The summed E-state index contributed by atoms with van der Waals surface area (Å²) >= 11 is 1.23. The maximum Gasteiger partial charge on any atom is 0.338 e. The molecule has 1 aromatic carbocycles. The Morgan fingerprint density at radius 3 is 2.67 bits per heavy atom. The minimum atomic E-state index is -3.39. The zero-order valence-corrected chi connectivity index (χ0v) is 26.3. The van der Waals surface area contributed by atoms with Gasteiger partial charge >= 0.3 is 18.0 Å². The van der Waals surface area contributed by atoms with Crippen molar-refractivity contribution >= 4 is 41.0 Å². The highest BCUT2D eigenvalue weighted by molar-refractivity contribution is 7.11. The fourth-order valence-corrected chi connectivity index (χ4v) is 6.34. The normalized spacial score (nSPS) is 22.8. The molecule has 46 heavy (non-hydrogen) atoms. The predicted octanol–water partition coefficient (Wildman–Crippen LogP) is 3.10. The number of carbonyl (C=O) groups is 4. The quantitative estimate of drug-likeness (QED) is 0.344. The monoisotopic (exact) mass is 662 g/mol. The number of hydrogen-bond donors (Lipinski definition) is 3. The van der Waals surface area contributed by atoms with Crippen molar-refractivity contribution in [2.24, 2.45) is 16.3 Å². The van der Waals surface area contributed by atoms with Crippen molar-refractivity contribution in [3.8, 4) is 0 Å². The minimum Gasteiger partial charge on any atom is -0.481 e. The number of aromatic nitrogens is 1. The Kier molecular flexibility index (Phi) is 8.96. The van der Waals surface area contributed by atoms with Crippen molar-refractivity contribution < 1.29 is 42.2 Å². The Balaban J connectivity index is 1.51. The fraction of sp³-hybridized carbons (Fsp3) is 0.467. The number of fused-ring (bicyclic) bond motifs is 1. The molecule has 0 aliphatic carbocycles. The molecule has 3 N–H and O–H groups in total. The molecule has 1 aromatic heterocycles. The van der Waals surface area contributed by atoms with Gasteiger partial charge < -0.3 is 20.5 Å². The number of likely N-dealkylation sites (tertiary alicyclic amines) is 2. The molecule has 3 atom stereocenters. The van der Waals surface area contributed by atoms with Gasteiger partial charge in [-0.1, -0.05) is 12.1 Å². The number of amidine groups is 1. The van der Waals surface area contributed by atoms with E-state index in [-0.39, 0.29) is 42.4 Å². The van der Waals surface area contributed by atoms with Gasteiger partial charge in [0, 0.05) is 36.9 Å². The zero-order chi connectivity index (χ0) is 33.6. The number of imide groups is 1. The van der Waals surface area contributed by atoms with Gasteiger partial charge in [-0.2, -0.15) is 0 Å². The number of nitrogens with zero attached hydrogens (tertiary/aromatic N) is 4. The minimum absolute atomic E-state index is 0.0127. The van der Waals surface area contributed by atoms with Crippen LogP contribution in [0.1, 0.15) is 42.9 Å². The van der Waals surface area contributed by atoms with E-state index in [1.54, 1.807) is 18.4 Å². The van der Waals surface area contributed by atoms with Crippen LogP contribution < -0.4 is 10.6 Å². The number of carboxylic acid groups (broad SMARTS) is 1. The Hall–Kier alpha value is -4.31. The van der Waals surface area contributed by atoms with Crippen LogP contribution in [0.15, 0.2) is 46.0 Å². The molecule has 2 fully saturated rings. The first kappa shape index (κ1) is 33.1. The molecule has 4 heterocycles. The lowest BCUT2D eigenvalue weighted by Crippen LogP contribution is -2.50. The number of halogens is 3. The van der Waals surface area contributed by atoms with Gasteiger partial charge in [-0.05, 0) is 44.9 Å². The van der Waals surface area contributed by atoms with Crippen LogP contribution in [0.3, 0.4) is 0 Å². The Morgan fingerprint density at radius 1 is 1.28 bits per heavy atom. The third kappa shape index (κ3) is 6.10. The maximum atomic E-state index is 15.5. The van der Waals surface area contributed by atoms with Crippen molar-refractivity contribution in [1.82, 2.24) is 25.4 Å². The maximum absolute atomic E-state index is 15.5. The van der Waals surface area contributed by atoms with Crippen LogP contribution in [0.5, 0.6) is 0 Å². The van der Waals surface area contributed by atoms with Gasteiger partial charge in [0.25, 0.3) is 5.92 Å². The highest BCUT2D eigenvalue weighted by Gasteiger charge is 2.63. The number of rotatable bonds is 9. The Morgan fingerprint density at radius 2 is 2.02 bits per heavy atom. The number of aliphatic imine (C=N–C) groups is 1. The summed E-state index contributed by atoms with van der Waals surface area (Å²) in [6.45, 7) is 3.74. The van der Waals surface area contributed by atoms with E-state index in [1.165, 1.54) is 55.3 Å². The van der Waals surface area contributed by atoms with E-state index in [0.717, 1.165) is 0 Å². The van der Waals surface area contributed by atoms with Gasteiger partial charge in [0.1, 0.15) is 17.9 Å². The summed E-state index contributed by atoms with van der Waals surface area (Å²) < 4.78 is 51.0. The highest BCUT2D eigenvalue weighted by atomic mass is 32.1. The highest BCUT2D eigenvalue weighted by Crippen LogP contribution is 2.44. The van der Waals surface area contributed by atoms with Gasteiger partial charge in [-0.15, -0.1) is 11.3 Å². The number of ether oxygens (including phenoxy) is 1. The number of aliphatic carboxylic acids is 1. The topological polar surface area (TPSA) is 154 Å². The van der Waals surface area contributed by atoms with Crippen molar-refractivity contribution in [2.45, 2.75) is 45.7 Å². The molecule has 3 aliphatic rings. The lowest BCUT2D eigenvalue weighted by molar-refractivity contribution is -0.146. The molecule has 12 nitrogen and oxygen atoms in total. The number of carboxylic acids is 1. The third-order valence-electron chi connectivity index (χ3n) is 8.36. The molecular weight excluding hydrogens is 629 g/mol. The second-order valence-electron chi connectivity index (χ2n) is 11.9. The van der Waals surface area contributed by atoms with Crippen LogP contribution in [-0.4, -0.2) is 94.4 Å². The molecule has 0 bridgehead atoms. The summed E-state index contributed by atoms with van der Waals surface area (Å²) in [4.78, 5) is 62.2. The van der Waals surface area contributed by atoms with Crippen LogP contribution in [0.25, 0.3) is 0 Å². The molecule has 3 amide bonds. The van der Waals surface area contributed by atoms with Gasteiger partial charge in [-0.3, -0.25) is 24.4 Å². The smallest absolute Gasteiger partial charge is 0.338 e. The van der Waals surface area contributed by atoms with Gasteiger partial charge in [0.2, 0.25) is 5.91 Å². The molecule has 2 saturated heterocycles. The molecule has 0 radical (unpaired) electrons. The number of amides is 3. The molecule has 2 aromatic rings. The average Bonchev–Trinajstić information content (AvgIpc) is 3.71. The SMILES string of the molecule is CCOC(=O)C1=C(CN2CC(F)(F)C3CN(C(=O)NCC(C)(C)C(=O)O)C(=O)C32)NC(c2nccs2)=NC1c1cccc(F)c1C. The molecule has 0 spiro atoms. The largest absolute Gasteiger partial charge is 0.481 e. The van der Waals surface area contributed by atoms with Crippen molar-refractivity contribution in [2.75, 3.05) is 32.8 Å². The second-order valence-corrected chi connectivity index (χ2v) is 12.8. The number of urea groups is 1. The van der Waals surface area contributed by atoms with E-state index in [9.17, 15) is 28.7 Å². The number of benzene rings is 1. The summed E-state index contributed by atoms with van der Waals surface area (Å²) in [7, 11) is 0. The molecule has 3 unspecified atom stereocenters. The van der Waals surface area contributed by atoms with Crippen molar-refractivity contribution in [3.05, 3.63) is 63.0 Å². The summed E-state index contributed by atoms with van der Waals surface area (Å²) in [5.74, 6) is -8.13. The number of hydrogen-bond acceptors (Lipinski definition) is 10. The Bertz CT molecular complexity index is 1630. The number of alkyl halides is 2. The van der Waals surface area contributed by atoms with E-state index in [4.69, 9.17) is 9.73 Å². The number of thiazole rings is 1. The molecule has 5 rings (SSSR count). The standard InChI is InChI=1S/C30H33F3N6O6S/c1-5-45-26(41)20-19(36-23(24-34-9-10-46-24)37-21(20)16-7-6-8-18(31)15(16)2)12-38-14-30(32,33)17-11-39(25(40)22(17)38)28(44)35-13-29(3,4)27(42)43/h6-10,17,21-22H,5,11-14H2,1-4H3,(H,35,44)(H,36,37)(H,42,43). The van der Waals surface area contributed by atoms with E-state index in [2.05, 4.69) is 15.6 Å². The lowest BCUT2D eigenvalue weighted by atomic mass is 9.92. The first-order chi connectivity index (χ1) is 21.7. The van der Waals surface area contributed by atoms with Crippen LogP contribution in [0.4, 0.5) is 18.0 Å². The summed E-state index contributed by atoms with van der Waals surface area (Å²) in [5, 5.41) is 16.9. The average molecular weight is 663 g/mol. The van der Waals surface area contributed by atoms with Crippen LogP contribution >= 0.6 is 11.3 Å². The summed E-state index contributed by atoms with van der Waals surface area (Å²) in [5.41, 5.74) is -0.713.